The third kappa shape index (κ3) is 7.92. The van der Waals surface area contributed by atoms with Crippen molar-refractivity contribution in [3.8, 4) is 0 Å². The summed E-state index contributed by atoms with van der Waals surface area (Å²) in [7, 11) is 0. The van der Waals surface area contributed by atoms with E-state index in [1.807, 2.05) is 36.4 Å². The molecular formula is C29H43ClN4O3. The van der Waals surface area contributed by atoms with Gasteiger partial charge in [0.1, 0.15) is 12.1 Å². The zero-order valence-corrected chi connectivity index (χ0v) is 23.4. The molecule has 8 heteroatoms. The molecule has 1 saturated heterocycles. The number of nitrogens with zero attached hydrogens (tertiary/aromatic N) is 1. The summed E-state index contributed by atoms with van der Waals surface area (Å²) in [5, 5.41) is 8.11. The molecule has 2 atom stereocenters. The van der Waals surface area contributed by atoms with Crippen molar-refractivity contribution in [3.63, 3.8) is 0 Å². The molecule has 1 unspecified atom stereocenters. The molecule has 0 radical (unpaired) electrons. The number of amides is 3. The first kappa shape index (κ1) is 30.6. The number of benzene rings is 2. The van der Waals surface area contributed by atoms with Crippen LogP contribution in [0.4, 0.5) is 0 Å². The van der Waals surface area contributed by atoms with E-state index in [9.17, 15) is 14.4 Å². The molecule has 7 nitrogen and oxygen atoms in total. The molecule has 0 bridgehead atoms. The zero-order valence-electron chi connectivity index (χ0n) is 22.5. The van der Waals surface area contributed by atoms with Crippen LogP contribution in [-0.4, -0.2) is 54.3 Å². The summed E-state index contributed by atoms with van der Waals surface area (Å²) in [6.45, 7) is 9.73. The normalized spacial score (nSPS) is 16.2. The van der Waals surface area contributed by atoms with Crippen LogP contribution < -0.4 is 16.4 Å². The average Bonchev–Trinajstić information content (AvgIpc) is 3.33. The second-order valence-electron chi connectivity index (χ2n) is 10.6. The van der Waals surface area contributed by atoms with Gasteiger partial charge in [-0.3, -0.25) is 14.4 Å². The van der Waals surface area contributed by atoms with Gasteiger partial charge in [-0.2, -0.15) is 0 Å². The Morgan fingerprint density at radius 1 is 1.03 bits per heavy atom. The second kappa shape index (κ2) is 14.3. The topological polar surface area (TPSA) is 105 Å². The molecule has 3 amide bonds. The highest BCUT2D eigenvalue weighted by molar-refractivity contribution is 5.93. The molecule has 0 spiro atoms. The fourth-order valence-corrected chi connectivity index (χ4v) is 5.35. The van der Waals surface area contributed by atoms with Crippen molar-refractivity contribution in [2.24, 2.45) is 23.5 Å². The van der Waals surface area contributed by atoms with Crippen LogP contribution in [0, 0.1) is 17.8 Å². The van der Waals surface area contributed by atoms with Crippen LogP contribution in [0.1, 0.15) is 52.5 Å². The smallest absolute Gasteiger partial charge is 0.243 e. The lowest BCUT2D eigenvalue weighted by Gasteiger charge is -2.32. The lowest BCUT2D eigenvalue weighted by atomic mass is 9.84. The van der Waals surface area contributed by atoms with Crippen LogP contribution in [0.5, 0.6) is 0 Å². The third-order valence-corrected chi connectivity index (χ3v) is 7.13. The largest absolute Gasteiger partial charge is 0.354 e. The Kier molecular flexibility index (Phi) is 11.9. The van der Waals surface area contributed by atoms with E-state index in [0.717, 1.165) is 22.8 Å². The molecule has 204 valence electrons. The van der Waals surface area contributed by atoms with Gasteiger partial charge in [0.25, 0.3) is 0 Å². The van der Waals surface area contributed by atoms with Gasteiger partial charge >= 0.3 is 0 Å². The van der Waals surface area contributed by atoms with Crippen LogP contribution in [-0.2, 0) is 20.8 Å². The molecule has 0 saturated carbocycles. The molecule has 1 aliphatic rings. The van der Waals surface area contributed by atoms with E-state index in [1.165, 1.54) is 0 Å². The summed E-state index contributed by atoms with van der Waals surface area (Å²) in [6, 6.07) is 12.9. The number of rotatable bonds is 11. The predicted octanol–water partition coefficient (Wildman–Crippen LogP) is 3.67. The van der Waals surface area contributed by atoms with Gasteiger partial charge in [0, 0.05) is 25.4 Å². The number of nitrogens with one attached hydrogen (secondary N) is 2. The fourth-order valence-electron chi connectivity index (χ4n) is 5.35. The number of likely N-dealkylation sites (tertiary alicyclic amines) is 1. The van der Waals surface area contributed by atoms with Gasteiger partial charge in [0.2, 0.25) is 17.7 Å². The van der Waals surface area contributed by atoms with Crippen molar-refractivity contribution in [1.29, 1.82) is 0 Å². The lowest BCUT2D eigenvalue weighted by Crippen LogP contribution is -2.55. The molecular weight excluding hydrogens is 488 g/mol. The fraction of sp³-hybridized carbons (Fsp3) is 0.552. The minimum atomic E-state index is -0.736. The molecule has 2 aromatic carbocycles. The van der Waals surface area contributed by atoms with Crippen molar-refractivity contribution < 1.29 is 14.4 Å². The molecule has 3 rings (SSSR count). The number of nitrogens with two attached hydrogens (primary N) is 1. The van der Waals surface area contributed by atoms with Crippen LogP contribution in [0.25, 0.3) is 10.8 Å². The Hall–Kier alpha value is -2.64. The molecule has 37 heavy (non-hydrogen) atoms. The molecule has 2 aromatic rings. The van der Waals surface area contributed by atoms with Gasteiger partial charge in [-0.25, -0.2) is 0 Å². The number of hydrogen-bond donors (Lipinski definition) is 3. The number of hydrogen-bond acceptors (Lipinski definition) is 4. The standard InChI is InChI=1S/C29H42N4O3.ClH/c1-19(2)26(20(3)4)29(36)33-16-7-11-25(33)28(35)32-24(27(34)31-15-8-14-30)18-21-12-13-22-9-5-6-10-23(22)17-21;/h5-6,9-10,12-13,17,19-20,24-26H,7-8,11,14-16,18,30H2,1-4H3,(H,31,34)(H,32,35);1H/t24?,25-;/m0./s1. The minimum Gasteiger partial charge on any atom is -0.354 e. The summed E-state index contributed by atoms with van der Waals surface area (Å²) < 4.78 is 0. The van der Waals surface area contributed by atoms with E-state index in [1.54, 1.807) is 4.90 Å². The minimum absolute atomic E-state index is 0. The van der Waals surface area contributed by atoms with E-state index in [2.05, 4.69) is 44.4 Å². The van der Waals surface area contributed by atoms with Crippen LogP contribution in [0.3, 0.4) is 0 Å². The Balaban J connectivity index is 0.00000481. The lowest BCUT2D eigenvalue weighted by molar-refractivity contribution is -0.144. The van der Waals surface area contributed by atoms with Crippen molar-refractivity contribution in [1.82, 2.24) is 15.5 Å². The zero-order chi connectivity index (χ0) is 26.2. The monoisotopic (exact) mass is 530 g/mol. The van der Waals surface area contributed by atoms with Crippen molar-refractivity contribution in [3.05, 3.63) is 48.0 Å². The van der Waals surface area contributed by atoms with Crippen LogP contribution in [0.2, 0.25) is 0 Å². The average molecular weight is 531 g/mol. The van der Waals surface area contributed by atoms with Gasteiger partial charge in [-0.15, -0.1) is 12.4 Å². The van der Waals surface area contributed by atoms with Crippen LogP contribution >= 0.6 is 12.4 Å². The van der Waals surface area contributed by atoms with Gasteiger partial charge in [0.15, 0.2) is 0 Å². The first-order valence-electron chi connectivity index (χ1n) is 13.3. The first-order valence-corrected chi connectivity index (χ1v) is 13.3. The Morgan fingerprint density at radius 3 is 2.35 bits per heavy atom. The van der Waals surface area contributed by atoms with Crippen molar-refractivity contribution >= 4 is 40.9 Å². The molecule has 0 aliphatic carbocycles. The van der Waals surface area contributed by atoms with E-state index < -0.39 is 12.1 Å². The summed E-state index contributed by atoms with van der Waals surface area (Å²) in [6.07, 6.45) is 2.42. The Morgan fingerprint density at radius 2 is 1.70 bits per heavy atom. The summed E-state index contributed by atoms with van der Waals surface area (Å²) in [5.41, 5.74) is 6.55. The molecule has 1 fully saturated rings. The van der Waals surface area contributed by atoms with E-state index in [-0.39, 0.29) is 47.9 Å². The van der Waals surface area contributed by atoms with Crippen LogP contribution in [0.15, 0.2) is 42.5 Å². The maximum absolute atomic E-state index is 13.5. The quantitative estimate of drug-likeness (QED) is 0.385. The Labute approximate surface area is 227 Å². The predicted molar refractivity (Wildman–Crippen MR) is 151 cm³/mol. The Bertz CT molecular complexity index is 1050. The maximum atomic E-state index is 13.5. The van der Waals surface area contributed by atoms with Crippen molar-refractivity contribution in [2.45, 2.75) is 65.5 Å². The molecule has 0 aromatic heterocycles. The molecule has 1 aliphatic heterocycles. The van der Waals surface area contributed by atoms with Crippen molar-refractivity contribution in [2.75, 3.05) is 19.6 Å². The number of fused-ring (bicyclic) bond motifs is 1. The first-order chi connectivity index (χ1) is 17.2. The highest BCUT2D eigenvalue weighted by Gasteiger charge is 2.39. The molecule has 1 heterocycles. The van der Waals surface area contributed by atoms with Gasteiger partial charge < -0.3 is 21.3 Å². The van der Waals surface area contributed by atoms with E-state index >= 15 is 0 Å². The number of carbonyl (C=O) groups excluding carboxylic acids is 3. The third-order valence-electron chi connectivity index (χ3n) is 7.13. The van der Waals surface area contributed by atoms with E-state index in [0.29, 0.717) is 38.9 Å². The summed E-state index contributed by atoms with van der Waals surface area (Å²) in [4.78, 5) is 41.7. The van der Waals surface area contributed by atoms with Gasteiger partial charge in [-0.05, 0) is 54.0 Å². The highest BCUT2D eigenvalue weighted by atomic mass is 35.5. The maximum Gasteiger partial charge on any atom is 0.243 e. The summed E-state index contributed by atoms with van der Waals surface area (Å²) >= 11 is 0. The molecule has 4 N–H and O–H groups in total. The number of carbonyl (C=O) groups is 3. The second-order valence-corrected chi connectivity index (χ2v) is 10.6. The number of halogens is 1. The highest BCUT2D eigenvalue weighted by Crippen LogP contribution is 2.28. The van der Waals surface area contributed by atoms with Gasteiger partial charge in [-0.1, -0.05) is 70.2 Å². The van der Waals surface area contributed by atoms with Gasteiger partial charge in [0.05, 0.1) is 0 Å². The SMILES string of the molecule is CC(C)C(C(=O)N1CCC[C@H]1C(=O)NC(Cc1ccc2ccccc2c1)C(=O)NCCCN)C(C)C.Cl. The van der Waals surface area contributed by atoms with E-state index in [4.69, 9.17) is 5.73 Å². The summed E-state index contributed by atoms with van der Waals surface area (Å²) in [5.74, 6) is -0.205.